The fourth-order valence-corrected chi connectivity index (χ4v) is 5.82. The fourth-order valence-electron chi connectivity index (χ4n) is 5.82. The lowest BCUT2D eigenvalue weighted by molar-refractivity contribution is -0.122. The zero-order valence-corrected chi connectivity index (χ0v) is 21.5. The van der Waals surface area contributed by atoms with Crippen LogP contribution in [0.2, 0.25) is 0 Å². The van der Waals surface area contributed by atoms with Crippen molar-refractivity contribution >= 4 is 35.0 Å². The number of aromatic nitrogens is 2. The number of fused-ring (bicyclic) bond motifs is 1. The molecule has 1 saturated heterocycles. The van der Waals surface area contributed by atoms with Crippen LogP contribution < -0.4 is 25.2 Å². The number of hydrogen-bond acceptors (Lipinski definition) is 8. The molecule has 2 amide bonds. The highest BCUT2D eigenvalue weighted by Crippen LogP contribution is 2.52. The number of ether oxygens (including phenoxy) is 2. The van der Waals surface area contributed by atoms with Crippen molar-refractivity contribution in [2.24, 2.45) is 5.41 Å². The normalized spacial score (nSPS) is 22.6. The molecule has 1 atom stereocenters. The first-order valence-electron chi connectivity index (χ1n) is 13.2. The maximum absolute atomic E-state index is 13.3. The monoisotopic (exact) mass is 506 g/mol. The van der Waals surface area contributed by atoms with Gasteiger partial charge in [-0.25, -0.2) is 4.98 Å². The topological polar surface area (TPSA) is 109 Å². The molecule has 3 heterocycles. The summed E-state index contributed by atoms with van der Waals surface area (Å²) in [5, 5.41) is 6.28. The number of carbonyl (C=O) groups excluding carboxylic acids is 2. The Morgan fingerprint density at radius 3 is 2.73 bits per heavy atom. The second kappa shape index (κ2) is 9.48. The van der Waals surface area contributed by atoms with Crippen LogP contribution in [0.3, 0.4) is 0 Å². The first-order valence-corrected chi connectivity index (χ1v) is 13.2. The molecule has 196 valence electrons. The smallest absolute Gasteiger partial charge is 0.251 e. The lowest BCUT2D eigenvalue weighted by atomic mass is 10.0. The SMILES string of the molecule is COc1cc(C(=O)N[C@@H]2CCOC2)ccc1Nc1ncc2c(n1)N(C1CCCC1)CC1(CC1)C(=O)N2C. The summed E-state index contributed by atoms with van der Waals surface area (Å²) >= 11 is 0. The van der Waals surface area contributed by atoms with Crippen LogP contribution in [0.1, 0.15) is 55.3 Å². The predicted molar refractivity (Wildman–Crippen MR) is 140 cm³/mol. The Kier molecular flexibility index (Phi) is 6.14. The number of nitrogens with zero attached hydrogens (tertiary/aromatic N) is 4. The molecule has 1 aromatic carbocycles. The van der Waals surface area contributed by atoms with Gasteiger partial charge in [-0.15, -0.1) is 0 Å². The standard InChI is InChI=1S/C27H34N6O4/c1-32-21-14-28-26(31-23(21)33(19-5-3-4-6-19)16-27(10-11-27)25(32)35)30-20-8-7-17(13-22(20)36-2)24(34)29-18-9-12-37-15-18/h7-8,13-14,18-19H,3-6,9-12,15-16H2,1-2H3,(H,29,34)(H,28,30,31)/t18-/m1/s1. The molecule has 0 radical (unpaired) electrons. The number of carbonyl (C=O) groups is 2. The Morgan fingerprint density at radius 1 is 1.22 bits per heavy atom. The summed E-state index contributed by atoms with van der Waals surface area (Å²) < 4.78 is 10.9. The molecule has 0 unspecified atom stereocenters. The summed E-state index contributed by atoms with van der Waals surface area (Å²) in [4.78, 5) is 39.6. The summed E-state index contributed by atoms with van der Waals surface area (Å²) in [7, 11) is 3.41. The second-order valence-electron chi connectivity index (χ2n) is 10.7. The van der Waals surface area contributed by atoms with Gasteiger partial charge in [-0.3, -0.25) is 9.59 Å². The van der Waals surface area contributed by atoms with E-state index in [-0.39, 0.29) is 23.3 Å². The summed E-state index contributed by atoms with van der Waals surface area (Å²) in [6.45, 7) is 1.92. The maximum atomic E-state index is 13.3. The fraction of sp³-hybridized carbons (Fsp3) is 0.556. The average molecular weight is 507 g/mol. The molecule has 6 rings (SSSR count). The molecule has 10 nitrogen and oxygen atoms in total. The van der Waals surface area contributed by atoms with E-state index in [1.54, 1.807) is 36.4 Å². The molecule has 2 aromatic rings. The molecule has 2 saturated carbocycles. The van der Waals surface area contributed by atoms with Gasteiger partial charge in [-0.1, -0.05) is 12.8 Å². The Hall–Kier alpha value is -3.40. The molecule has 2 aliphatic heterocycles. The van der Waals surface area contributed by atoms with E-state index in [1.165, 1.54) is 12.8 Å². The van der Waals surface area contributed by atoms with Crippen LogP contribution in [0.4, 0.5) is 23.1 Å². The summed E-state index contributed by atoms with van der Waals surface area (Å²) in [5.41, 5.74) is 1.63. The molecule has 3 fully saturated rings. The van der Waals surface area contributed by atoms with Crippen LogP contribution in [-0.2, 0) is 9.53 Å². The first-order chi connectivity index (χ1) is 18.0. The van der Waals surface area contributed by atoms with E-state index < -0.39 is 0 Å². The molecular weight excluding hydrogens is 472 g/mol. The minimum atomic E-state index is -0.296. The molecule has 0 bridgehead atoms. The highest BCUT2D eigenvalue weighted by molar-refractivity contribution is 6.03. The van der Waals surface area contributed by atoms with Crippen molar-refractivity contribution in [3.63, 3.8) is 0 Å². The zero-order valence-electron chi connectivity index (χ0n) is 21.5. The number of benzene rings is 1. The number of rotatable bonds is 6. The van der Waals surface area contributed by atoms with Crippen molar-refractivity contribution in [3.8, 4) is 5.75 Å². The molecule has 1 aromatic heterocycles. The van der Waals surface area contributed by atoms with E-state index in [4.69, 9.17) is 14.5 Å². The maximum Gasteiger partial charge on any atom is 0.251 e. The third kappa shape index (κ3) is 4.47. The van der Waals surface area contributed by atoms with Crippen molar-refractivity contribution in [3.05, 3.63) is 30.0 Å². The van der Waals surface area contributed by atoms with Crippen LogP contribution in [-0.4, -0.2) is 67.8 Å². The number of hydrogen-bond donors (Lipinski definition) is 2. The number of anilines is 4. The molecule has 10 heteroatoms. The van der Waals surface area contributed by atoms with Gasteiger partial charge < -0.3 is 29.9 Å². The molecule has 37 heavy (non-hydrogen) atoms. The van der Waals surface area contributed by atoms with Crippen molar-refractivity contribution in [2.45, 2.75) is 57.0 Å². The van der Waals surface area contributed by atoms with Gasteiger partial charge in [0.25, 0.3) is 5.91 Å². The highest BCUT2D eigenvalue weighted by atomic mass is 16.5. The van der Waals surface area contributed by atoms with Gasteiger partial charge in [0.05, 0.1) is 37.1 Å². The van der Waals surface area contributed by atoms with Crippen molar-refractivity contribution in [1.82, 2.24) is 15.3 Å². The quantitative estimate of drug-likeness (QED) is 0.615. The van der Waals surface area contributed by atoms with Crippen LogP contribution in [0.5, 0.6) is 5.75 Å². The van der Waals surface area contributed by atoms with E-state index in [0.29, 0.717) is 48.7 Å². The molecular formula is C27H34N6O4. The van der Waals surface area contributed by atoms with E-state index in [1.807, 2.05) is 7.05 Å². The van der Waals surface area contributed by atoms with Crippen LogP contribution >= 0.6 is 0 Å². The Bertz CT molecular complexity index is 1200. The largest absolute Gasteiger partial charge is 0.495 e. The summed E-state index contributed by atoms with van der Waals surface area (Å²) in [6, 6.07) is 5.69. The van der Waals surface area contributed by atoms with Gasteiger partial charge in [0, 0.05) is 31.8 Å². The first kappa shape index (κ1) is 24.0. The Labute approximate surface area is 216 Å². The van der Waals surface area contributed by atoms with Gasteiger partial charge in [0.1, 0.15) is 11.4 Å². The van der Waals surface area contributed by atoms with Crippen molar-refractivity contribution in [1.29, 1.82) is 0 Å². The zero-order chi connectivity index (χ0) is 25.6. The molecule has 2 N–H and O–H groups in total. The molecule has 4 aliphatic rings. The van der Waals surface area contributed by atoms with Gasteiger partial charge in [0.2, 0.25) is 11.9 Å². The summed E-state index contributed by atoms with van der Waals surface area (Å²) in [6.07, 6.45) is 9.05. The van der Waals surface area contributed by atoms with Gasteiger partial charge in [-0.05, 0) is 50.3 Å². The lowest BCUT2D eigenvalue weighted by Crippen LogP contribution is -2.41. The minimum Gasteiger partial charge on any atom is -0.495 e. The lowest BCUT2D eigenvalue weighted by Gasteiger charge is -2.31. The average Bonchev–Trinajstić information content (AvgIpc) is 3.27. The van der Waals surface area contributed by atoms with E-state index in [9.17, 15) is 9.59 Å². The van der Waals surface area contributed by atoms with Crippen LogP contribution in [0.15, 0.2) is 24.4 Å². The minimum absolute atomic E-state index is 0.0341. The van der Waals surface area contributed by atoms with Crippen LogP contribution in [0.25, 0.3) is 0 Å². The third-order valence-electron chi connectivity index (χ3n) is 8.21. The molecule has 2 aliphatic carbocycles. The second-order valence-corrected chi connectivity index (χ2v) is 10.7. The highest BCUT2D eigenvalue weighted by Gasteiger charge is 2.55. The van der Waals surface area contributed by atoms with Gasteiger partial charge >= 0.3 is 0 Å². The van der Waals surface area contributed by atoms with Gasteiger partial charge in [0.15, 0.2) is 5.82 Å². The number of amides is 2. The number of nitrogens with one attached hydrogen (secondary N) is 2. The summed E-state index contributed by atoms with van der Waals surface area (Å²) in [5.74, 6) is 1.75. The Balaban J connectivity index is 1.28. The predicted octanol–water partition coefficient (Wildman–Crippen LogP) is 3.25. The van der Waals surface area contributed by atoms with E-state index in [2.05, 4.69) is 20.5 Å². The van der Waals surface area contributed by atoms with E-state index >= 15 is 0 Å². The molecule has 1 spiro atoms. The van der Waals surface area contributed by atoms with Crippen molar-refractivity contribution < 1.29 is 19.1 Å². The van der Waals surface area contributed by atoms with Crippen LogP contribution in [0, 0.1) is 5.41 Å². The van der Waals surface area contributed by atoms with E-state index in [0.717, 1.165) is 43.6 Å². The van der Waals surface area contributed by atoms with Crippen molar-refractivity contribution in [2.75, 3.05) is 49.0 Å². The van der Waals surface area contributed by atoms with Gasteiger partial charge in [-0.2, -0.15) is 4.98 Å². The number of methoxy groups -OCH3 is 1. The Morgan fingerprint density at radius 2 is 2.03 bits per heavy atom. The third-order valence-corrected chi connectivity index (χ3v) is 8.21.